The smallest absolute Gasteiger partial charge is 0.255 e. The largest absolute Gasteiger partial charge is 0.321 e. The Bertz CT molecular complexity index is 899. The Balaban J connectivity index is 2.30. The van der Waals surface area contributed by atoms with Crippen LogP contribution < -0.4 is 5.32 Å². The van der Waals surface area contributed by atoms with E-state index in [-0.39, 0.29) is 22.4 Å². The third-order valence-electron chi connectivity index (χ3n) is 3.68. The average molecular weight is 490 g/mol. The Morgan fingerprint density at radius 1 is 1.12 bits per heavy atom. The SMILES string of the molecule is CC(C)N(C)S(=O)(=O)c1cccc(C(=O)Nc2ccc(Br)cc2Br)c1. The molecule has 1 amide bonds. The molecular formula is C17H18Br2N2O3S. The Labute approximate surface area is 164 Å². The van der Waals surface area contributed by atoms with Crippen LogP contribution in [-0.2, 0) is 10.0 Å². The molecule has 0 saturated heterocycles. The summed E-state index contributed by atoms with van der Waals surface area (Å²) in [6.45, 7) is 3.58. The zero-order valence-electron chi connectivity index (χ0n) is 14.0. The highest BCUT2D eigenvalue weighted by molar-refractivity contribution is 9.11. The van der Waals surface area contributed by atoms with Gasteiger partial charge in [0.05, 0.1) is 10.6 Å². The molecule has 0 radical (unpaired) electrons. The molecule has 0 heterocycles. The fraction of sp³-hybridized carbons (Fsp3) is 0.235. The Kier molecular flexibility index (Phi) is 6.42. The topological polar surface area (TPSA) is 66.5 Å². The van der Waals surface area contributed by atoms with Gasteiger partial charge in [-0.3, -0.25) is 4.79 Å². The number of anilines is 1. The number of amides is 1. The van der Waals surface area contributed by atoms with Crippen molar-refractivity contribution in [1.82, 2.24) is 4.31 Å². The molecule has 1 N–H and O–H groups in total. The quantitative estimate of drug-likeness (QED) is 0.672. The van der Waals surface area contributed by atoms with E-state index in [1.165, 1.54) is 23.5 Å². The van der Waals surface area contributed by atoms with Gasteiger partial charge in [-0.2, -0.15) is 4.31 Å². The summed E-state index contributed by atoms with van der Waals surface area (Å²) >= 11 is 6.73. The van der Waals surface area contributed by atoms with Crippen molar-refractivity contribution in [3.05, 3.63) is 57.0 Å². The second-order valence-corrected chi connectivity index (χ2v) is 9.49. The zero-order valence-corrected chi connectivity index (χ0v) is 17.9. The van der Waals surface area contributed by atoms with Gasteiger partial charge in [-0.25, -0.2) is 8.42 Å². The van der Waals surface area contributed by atoms with Crippen molar-refractivity contribution in [2.45, 2.75) is 24.8 Å². The summed E-state index contributed by atoms with van der Waals surface area (Å²) in [5.74, 6) is -0.382. The van der Waals surface area contributed by atoms with E-state index in [0.717, 1.165) is 8.95 Å². The molecule has 134 valence electrons. The number of hydrogen-bond acceptors (Lipinski definition) is 3. The van der Waals surface area contributed by atoms with Gasteiger partial charge < -0.3 is 5.32 Å². The summed E-state index contributed by atoms with van der Waals surface area (Å²) < 4.78 is 28.0. The van der Waals surface area contributed by atoms with Crippen LogP contribution in [-0.4, -0.2) is 31.7 Å². The Morgan fingerprint density at radius 2 is 1.80 bits per heavy atom. The Hall–Kier alpha value is -1.22. The molecule has 25 heavy (non-hydrogen) atoms. The first-order valence-electron chi connectivity index (χ1n) is 7.47. The molecule has 0 aliphatic heterocycles. The molecule has 0 aromatic heterocycles. The number of halogens is 2. The van der Waals surface area contributed by atoms with Gasteiger partial charge in [0.25, 0.3) is 5.91 Å². The fourth-order valence-corrected chi connectivity index (χ4v) is 4.59. The van der Waals surface area contributed by atoms with Crippen molar-refractivity contribution < 1.29 is 13.2 Å². The van der Waals surface area contributed by atoms with Gasteiger partial charge in [0.1, 0.15) is 0 Å². The van der Waals surface area contributed by atoms with Gasteiger partial charge in [0, 0.05) is 27.6 Å². The summed E-state index contributed by atoms with van der Waals surface area (Å²) in [6.07, 6.45) is 0. The van der Waals surface area contributed by atoms with E-state index >= 15 is 0 Å². The molecule has 0 bridgehead atoms. The molecule has 0 aliphatic carbocycles. The predicted molar refractivity (Wildman–Crippen MR) is 106 cm³/mol. The van der Waals surface area contributed by atoms with Gasteiger partial charge in [0.2, 0.25) is 10.0 Å². The average Bonchev–Trinajstić information content (AvgIpc) is 2.56. The molecule has 0 atom stereocenters. The maximum atomic E-state index is 12.6. The van der Waals surface area contributed by atoms with E-state index in [1.807, 2.05) is 6.07 Å². The highest BCUT2D eigenvalue weighted by Crippen LogP contribution is 2.27. The van der Waals surface area contributed by atoms with Gasteiger partial charge >= 0.3 is 0 Å². The second kappa shape index (κ2) is 7.99. The van der Waals surface area contributed by atoms with Crippen molar-refractivity contribution >= 4 is 53.5 Å². The highest BCUT2D eigenvalue weighted by Gasteiger charge is 2.24. The first-order chi connectivity index (χ1) is 11.6. The van der Waals surface area contributed by atoms with E-state index in [4.69, 9.17) is 0 Å². The number of carbonyl (C=O) groups is 1. The maximum absolute atomic E-state index is 12.6. The van der Waals surface area contributed by atoms with Gasteiger partial charge in [-0.05, 0) is 66.2 Å². The van der Waals surface area contributed by atoms with Crippen molar-refractivity contribution in [1.29, 1.82) is 0 Å². The molecule has 2 aromatic carbocycles. The second-order valence-electron chi connectivity index (χ2n) is 5.72. The number of sulfonamides is 1. The third kappa shape index (κ3) is 4.69. The molecule has 2 aromatic rings. The van der Waals surface area contributed by atoms with Crippen LogP contribution in [0.5, 0.6) is 0 Å². The molecule has 5 nitrogen and oxygen atoms in total. The number of carbonyl (C=O) groups excluding carboxylic acids is 1. The number of nitrogens with one attached hydrogen (secondary N) is 1. The molecule has 0 aliphatic rings. The number of rotatable bonds is 5. The Morgan fingerprint density at radius 3 is 2.40 bits per heavy atom. The summed E-state index contributed by atoms with van der Waals surface area (Å²) in [6, 6.07) is 11.2. The minimum atomic E-state index is -3.64. The van der Waals surface area contributed by atoms with Crippen molar-refractivity contribution in [2.75, 3.05) is 12.4 Å². The van der Waals surface area contributed by atoms with E-state index in [9.17, 15) is 13.2 Å². The first-order valence-corrected chi connectivity index (χ1v) is 10.5. The van der Waals surface area contributed by atoms with Crippen LogP contribution in [0.1, 0.15) is 24.2 Å². The highest BCUT2D eigenvalue weighted by atomic mass is 79.9. The van der Waals surface area contributed by atoms with Crippen LogP contribution >= 0.6 is 31.9 Å². The van der Waals surface area contributed by atoms with Crippen molar-refractivity contribution in [2.24, 2.45) is 0 Å². The van der Waals surface area contributed by atoms with Crippen molar-refractivity contribution in [3.63, 3.8) is 0 Å². The van der Waals surface area contributed by atoms with Crippen LogP contribution in [0.25, 0.3) is 0 Å². The molecule has 0 spiro atoms. The number of benzene rings is 2. The number of nitrogens with zero attached hydrogens (tertiary/aromatic N) is 1. The molecule has 0 unspecified atom stereocenters. The summed E-state index contributed by atoms with van der Waals surface area (Å²) in [4.78, 5) is 12.6. The van der Waals surface area contributed by atoms with Crippen LogP contribution in [0.3, 0.4) is 0 Å². The molecule has 2 rings (SSSR count). The van der Waals surface area contributed by atoms with E-state index in [0.29, 0.717) is 5.69 Å². The van der Waals surface area contributed by atoms with Crippen LogP contribution in [0, 0.1) is 0 Å². The van der Waals surface area contributed by atoms with E-state index < -0.39 is 10.0 Å². The van der Waals surface area contributed by atoms with E-state index in [2.05, 4.69) is 37.2 Å². The van der Waals surface area contributed by atoms with Gasteiger partial charge in [-0.1, -0.05) is 22.0 Å². The summed E-state index contributed by atoms with van der Waals surface area (Å²) in [5, 5.41) is 2.77. The maximum Gasteiger partial charge on any atom is 0.255 e. The number of hydrogen-bond donors (Lipinski definition) is 1. The lowest BCUT2D eigenvalue weighted by molar-refractivity contribution is 0.102. The third-order valence-corrected chi connectivity index (χ3v) is 6.86. The summed E-state index contributed by atoms with van der Waals surface area (Å²) in [7, 11) is -2.12. The van der Waals surface area contributed by atoms with Crippen LogP contribution in [0.15, 0.2) is 56.3 Å². The van der Waals surface area contributed by atoms with Crippen molar-refractivity contribution in [3.8, 4) is 0 Å². The lowest BCUT2D eigenvalue weighted by Gasteiger charge is -2.21. The van der Waals surface area contributed by atoms with Gasteiger partial charge in [0.15, 0.2) is 0 Å². The molecule has 0 fully saturated rings. The van der Waals surface area contributed by atoms with Gasteiger partial charge in [-0.15, -0.1) is 0 Å². The molecule has 0 saturated carbocycles. The predicted octanol–water partition coefficient (Wildman–Crippen LogP) is 4.49. The minimum absolute atomic E-state index is 0.0891. The van der Waals surface area contributed by atoms with Crippen LogP contribution in [0.2, 0.25) is 0 Å². The standard InChI is InChI=1S/C17H18Br2N2O3S/c1-11(2)21(3)25(23,24)14-6-4-5-12(9-14)17(22)20-16-8-7-13(18)10-15(16)19/h4-11H,1-3H3,(H,20,22). The first kappa shape index (κ1) is 20.1. The fourth-order valence-electron chi connectivity index (χ4n) is 2.03. The minimum Gasteiger partial charge on any atom is -0.321 e. The lowest BCUT2D eigenvalue weighted by Crippen LogP contribution is -2.33. The molecular weight excluding hydrogens is 472 g/mol. The van der Waals surface area contributed by atoms with E-state index in [1.54, 1.807) is 38.1 Å². The normalized spacial score (nSPS) is 11.8. The lowest BCUT2D eigenvalue weighted by atomic mass is 10.2. The molecule has 8 heteroatoms. The summed E-state index contributed by atoms with van der Waals surface area (Å²) in [5.41, 5.74) is 0.869. The monoisotopic (exact) mass is 488 g/mol. The van der Waals surface area contributed by atoms with Crippen LogP contribution in [0.4, 0.5) is 5.69 Å². The zero-order chi connectivity index (χ0) is 18.8.